The zero-order valence-corrected chi connectivity index (χ0v) is 16.4. The van der Waals surface area contributed by atoms with E-state index in [1.807, 2.05) is 0 Å². The molecule has 4 saturated carbocycles. The Hall–Kier alpha value is -0.410. The minimum Gasteiger partial charge on any atom is -0.391 e. The summed E-state index contributed by atoms with van der Waals surface area (Å²) >= 11 is 7.40. The van der Waals surface area contributed by atoms with Crippen LogP contribution in [0.5, 0.6) is 0 Å². The Morgan fingerprint density at radius 3 is 2.52 bits per heavy atom. The van der Waals surface area contributed by atoms with Crippen molar-refractivity contribution in [1.29, 1.82) is 0 Å². The molecule has 4 rings (SSSR count). The summed E-state index contributed by atoms with van der Waals surface area (Å²) in [5.41, 5.74) is -0.303. The average molecular weight is 367 g/mol. The molecule has 0 aromatic heterocycles. The monoisotopic (exact) mass is 366 g/mol. The standard InChI is InChI=1S/C21H31ClO3/c1-12(23)15-6-7-16-17-5-4-13-10-14(24)8-9-20(13,3)21(17,22)18(25)11-19(15,16)2/h13,15-18,25H,4-11H2,1-3H3/t13?,15-,16+,17+,18+,19-,20+,21+/m1/s1. The number of carbonyl (C=O) groups is 2. The number of alkyl halides is 1. The first kappa shape index (κ1) is 18.0. The van der Waals surface area contributed by atoms with Gasteiger partial charge in [-0.1, -0.05) is 13.8 Å². The second-order valence-electron chi connectivity index (χ2n) is 9.88. The Balaban J connectivity index is 1.75. The van der Waals surface area contributed by atoms with Gasteiger partial charge in [0.1, 0.15) is 11.6 Å². The summed E-state index contributed by atoms with van der Waals surface area (Å²) in [6, 6.07) is 0. The molecule has 4 fully saturated rings. The molecule has 4 aliphatic rings. The fourth-order valence-electron chi connectivity index (χ4n) is 7.72. The van der Waals surface area contributed by atoms with E-state index >= 15 is 0 Å². The van der Waals surface area contributed by atoms with Gasteiger partial charge in [0.05, 0.1) is 11.0 Å². The molecule has 8 atom stereocenters. The maximum atomic E-state index is 12.2. The largest absolute Gasteiger partial charge is 0.391 e. The summed E-state index contributed by atoms with van der Waals surface area (Å²) in [5, 5.41) is 11.3. The highest BCUT2D eigenvalue weighted by molar-refractivity contribution is 6.25. The number of hydrogen-bond acceptors (Lipinski definition) is 3. The zero-order valence-electron chi connectivity index (χ0n) is 15.7. The first-order valence-corrected chi connectivity index (χ1v) is 10.4. The number of ketones is 2. The van der Waals surface area contributed by atoms with E-state index in [0.717, 1.165) is 32.1 Å². The lowest BCUT2D eigenvalue weighted by atomic mass is 9.43. The molecule has 0 saturated heterocycles. The van der Waals surface area contributed by atoms with E-state index in [1.54, 1.807) is 6.92 Å². The third-order valence-electron chi connectivity index (χ3n) is 9.04. The molecule has 0 aromatic carbocycles. The van der Waals surface area contributed by atoms with Crippen LogP contribution in [0.4, 0.5) is 0 Å². The van der Waals surface area contributed by atoms with Crippen LogP contribution in [0.2, 0.25) is 0 Å². The molecule has 4 aliphatic carbocycles. The van der Waals surface area contributed by atoms with Gasteiger partial charge in [-0.15, -0.1) is 11.6 Å². The van der Waals surface area contributed by atoms with E-state index < -0.39 is 11.0 Å². The third-order valence-corrected chi connectivity index (χ3v) is 10.0. The van der Waals surface area contributed by atoms with Crippen LogP contribution < -0.4 is 0 Å². The molecule has 140 valence electrons. The van der Waals surface area contributed by atoms with E-state index in [2.05, 4.69) is 13.8 Å². The van der Waals surface area contributed by atoms with E-state index in [9.17, 15) is 14.7 Å². The molecule has 25 heavy (non-hydrogen) atoms. The Bertz CT molecular complexity index is 618. The predicted octanol–water partition coefficient (Wildman–Crippen LogP) is 4.14. The van der Waals surface area contributed by atoms with Crippen LogP contribution in [0.3, 0.4) is 0 Å². The molecular formula is C21H31ClO3. The first-order chi connectivity index (χ1) is 11.6. The molecule has 1 N–H and O–H groups in total. The number of rotatable bonds is 1. The summed E-state index contributed by atoms with van der Waals surface area (Å²) in [7, 11) is 0. The van der Waals surface area contributed by atoms with Crippen molar-refractivity contribution in [3.8, 4) is 0 Å². The number of hydrogen-bond donors (Lipinski definition) is 1. The summed E-state index contributed by atoms with van der Waals surface area (Å²) < 4.78 is 0. The maximum Gasteiger partial charge on any atom is 0.133 e. The third kappa shape index (κ3) is 2.15. The van der Waals surface area contributed by atoms with Gasteiger partial charge in [0.25, 0.3) is 0 Å². The number of carbonyl (C=O) groups excluding carboxylic acids is 2. The van der Waals surface area contributed by atoms with Crippen LogP contribution >= 0.6 is 11.6 Å². The summed E-state index contributed by atoms with van der Waals surface area (Å²) in [6.07, 6.45) is 6.05. The first-order valence-electron chi connectivity index (χ1n) is 10.0. The number of halogens is 1. The quantitative estimate of drug-likeness (QED) is 0.709. The van der Waals surface area contributed by atoms with Crippen molar-refractivity contribution >= 4 is 23.2 Å². The fraction of sp³-hybridized carbons (Fsp3) is 0.905. The van der Waals surface area contributed by atoms with Gasteiger partial charge < -0.3 is 5.11 Å². The van der Waals surface area contributed by atoms with Gasteiger partial charge in [-0.3, -0.25) is 9.59 Å². The van der Waals surface area contributed by atoms with Crippen LogP contribution in [0.1, 0.15) is 72.1 Å². The molecule has 0 spiro atoms. The molecule has 0 aliphatic heterocycles. The lowest BCUT2D eigenvalue weighted by Crippen LogP contribution is -2.68. The van der Waals surface area contributed by atoms with Crippen molar-refractivity contribution in [1.82, 2.24) is 0 Å². The van der Waals surface area contributed by atoms with Crippen LogP contribution in [-0.4, -0.2) is 27.7 Å². The maximum absolute atomic E-state index is 12.2. The van der Waals surface area contributed by atoms with Crippen LogP contribution in [0.15, 0.2) is 0 Å². The number of aliphatic hydroxyl groups is 1. The number of Topliss-reactive ketones (excluding diaryl/α,β-unsaturated/α-hetero) is 2. The topological polar surface area (TPSA) is 54.4 Å². The van der Waals surface area contributed by atoms with Gasteiger partial charge in [-0.05, 0) is 74.0 Å². The van der Waals surface area contributed by atoms with Crippen molar-refractivity contribution in [3.63, 3.8) is 0 Å². The molecule has 0 bridgehead atoms. The Morgan fingerprint density at radius 2 is 1.84 bits per heavy atom. The van der Waals surface area contributed by atoms with Crippen molar-refractivity contribution < 1.29 is 14.7 Å². The molecule has 0 heterocycles. The molecule has 0 amide bonds. The fourth-order valence-corrected chi connectivity index (χ4v) is 8.30. The zero-order chi connectivity index (χ0) is 18.2. The highest BCUT2D eigenvalue weighted by atomic mass is 35.5. The van der Waals surface area contributed by atoms with Crippen molar-refractivity contribution in [2.75, 3.05) is 0 Å². The summed E-state index contributed by atoms with van der Waals surface area (Å²) in [4.78, 5) is 23.6. The van der Waals surface area contributed by atoms with Crippen molar-refractivity contribution in [2.24, 2.45) is 34.5 Å². The Kier molecular flexibility index (Phi) is 3.99. The number of fused-ring (bicyclic) bond motifs is 5. The highest BCUT2D eigenvalue weighted by Gasteiger charge is 2.70. The summed E-state index contributed by atoms with van der Waals surface area (Å²) in [5.74, 6) is 1.65. The molecule has 0 radical (unpaired) electrons. The van der Waals surface area contributed by atoms with E-state index in [4.69, 9.17) is 11.6 Å². The van der Waals surface area contributed by atoms with Crippen LogP contribution in [0.25, 0.3) is 0 Å². The van der Waals surface area contributed by atoms with Gasteiger partial charge in [-0.25, -0.2) is 0 Å². The second kappa shape index (κ2) is 5.55. The number of aliphatic hydroxyl groups excluding tert-OH is 1. The van der Waals surface area contributed by atoms with E-state index in [0.29, 0.717) is 36.9 Å². The predicted molar refractivity (Wildman–Crippen MR) is 97.4 cm³/mol. The molecular weight excluding hydrogens is 336 g/mol. The average Bonchev–Trinajstić information content (AvgIpc) is 2.87. The normalized spacial score (nSPS) is 55.2. The van der Waals surface area contributed by atoms with Gasteiger partial charge in [0.2, 0.25) is 0 Å². The van der Waals surface area contributed by atoms with Crippen molar-refractivity contribution in [2.45, 2.75) is 83.1 Å². The van der Waals surface area contributed by atoms with Gasteiger partial charge in [-0.2, -0.15) is 0 Å². The van der Waals surface area contributed by atoms with Crippen molar-refractivity contribution in [3.05, 3.63) is 0 Å². The molecule has 0 aromatic rings. The minimum absolute atomic E-state index is 0.0619. The lowest BCUT2D eigenvalue weighted by Gasteiger charge is -2.66. The minimum atomic E-state index is -0.646. The highest BCUT2D eigenvalue weighted by Crippen LogP contribution is 2.70. The molecule has 4 heteroatoms. The smallest absolute Gasteiger partial charge is 0.133 e. The van der Waals surface area contributed by atoms with E-state index in [1.165, 1.54) is 0 Å². The Labute approximate surface area is 155 Å². The Morgan fingerprint density at radius 1 is 1.16 bits per heavy atom. The molecule has 1 unspecified atom stereocenters. The summed E-state index contributed by atoms with van der Waals surface area (Å²) in [6.45, 7) is 6.15. The van der Waals surface area contributed by atoms with Gasteiger partial charge in [0, 0.05) is 18.8 Å². The second-order valence-corrected chi connectivity index (χ2v) is 10.5. The SMILES string of the molecule is CC(=O)[C@H]1CC[C@H]2[C@@H]3CCC4CC(=O)CC[C@]4(C)[C@@]3(Cl)[C@@H](O)C[C@]12C. The van der Waals surface area contributed by atoms with Crippen LogP contribution in [0, 0.1) is 34.5 Å². The van der Waals surface area contributed by atoms with Gasteiger partial charge >= 0.3 is 0 Å². The molecule has 3 nitrogen and oxygen atoms in total. The lowest BCUT2D eigenvalue weighted by molar-refractivity contribution is -0.161. The van der Waals surface area contributed by atoms with E-state index in [-0.39, 0.29) is 28.4 Å². The van der Waals surface area contributed by atoms with Gasteiger partial charge in [0.15, 0.2) is 0 Å². The van der Waals surface area contributed by atoms with Crippen LogP contribution in [-0.2, 0) is 9.59 Å².